The minimum atomic E-state index is -0.327. The van der Waals surface area contributed by atoms with Gasteiger partial charge in [-0.25, -0.2) is 4.39 Å². The molecule has 0 unspecified atom stereocenters. The van der Waals surface area contributed by atoms with Gasteiger partial charge in [0.25, 0.3) is 5.91 Å². The van der Waals surface area contributed by atoms with E-state index in [1.807, 2.05) is 6.92 Å². The van der Waals surface area contributed by atoms with Crippen LogP contribution in [0.5, 0.6) is 0 Å². The summed E-state index contributed by atoms with van der Waals surface area (Å²) in [5.41, 5.74) is 1.80. The van der Waals surface area contributed by atoms with Gasteiger partial charge in [-0.2, -0.15) is 0 Å². The molecule has 6 heteroatoms. The summed E-state index contributed by atoms with van der Waals surface area (Å²) < 4.78 is 12.8. The van der Waals surface area contributed by atoms with Crippen LogP contribution in [0.25, 0.3) is 0 Å². The number of hydrogen-bond acceptors (Lipinski definition) is 3. The predicted molar refractivity (Wildman–Crippen MR) is 88.0 cm³/mol. The molecular weight excluding hydrogens is 297 g/mol. The lowest BCUT2D eigenvalue weighted by molar-refractivity contribution is -0.114. The highest BCUT2D eigenvalue weighted by atomic mass is 19.1. The van der Waals surface area contributed by atoms with Gasteiger partial charge in [-0.3, -0.25) is 9.59 Å². The molecule has 0 heterocycles. The average molecular weight is 315 g/mol. The molecule has 0 aliphatic carbocycles. The van der Waals surface area contributed by atoms with E-state index in [2.05, 4.69) is 16.0 Å². The summed E-state index contributed by atoms with van der Waals surface area (Å²) in [5, 5.41) is 8.31. The summed E-state index contributed by atoms with van der Waals surface area (Å²) in [4.78, 5) is 23.5. The molecule has 2 amide bonds. The standard InChI is InChI=1S/C17H18FN3O2/c1-2-19-17(23)12-3-7-15(8-4-12)21-16(22)11-20-14-9-5-13(18)6-10-14/h3-10,20H,2,11H2,1H3,(H,19,23)(H,21,22). The summed E-state index contributed by atoms with van der Waals surface area (Å²) in [6.45, 7) is 2.47. The summed E-state index contributed by atoms with van der Waals surface area (Å²) >= 11 is 0. The Kier molecular flexibility index (Phi) is 5.68. The normalized spacial score (nSPS) is 10.0. The first-order valence-corrected chi connectivity index (χ1v) is 7.26. The summed E-state index contributed by atoms with van der Waals surface area (Å²) in [7, 11) is 0. The Bertz CT molecular complexity index is 669. The second-order valence-corrected chi connectivity index (χ2v) is 4.85. The summed E-state index contributed by atoms with van der Waals surface area (Å²) in [5.74, 6) is -0.712. The molecule has 0 radical (unpaired) electrons. The molecule has 2 aromatic carbocycles. The van der Waals surface area contributed by atoms with Gasteiger partial charge in [0.05, 0.1) is 6.54 Å². The van der Waals surface area contributed by atoms with Crippen molar-refractivity contribution in [1.82, 2.24) is 5.32 Å². The first-order valence-electron chi connectivity index (χ1n) is 7.26. The van der Waals surface area contributed by atoms with Crippen molar-refractivity contribution < 1.29 is 14.0 Å². The maximum Gasteiger partial charge on any atom is 0.251 e. The number of rotatable bonds is 6. The smallest absolute Gasteiger partial charge is 0.251 e. The Morgan fingerprint density at radius 1 is 0.957 bits per heavy atom. The number of amides is 2. The van der Waals surface area contributed by atoms with Gasteiger partial charge in [0.1, 0.15) is 5.82 Å². The van der Waals surface area contributed by atoms with E-state index < -0.39 is 0 Å². The number of carbonyl (C=O) groups excluding carboxylic acids is 2. The lowest BCUT2D eigenvalue weighted by Gasteiger charge is -2.08. The first kappa shape index (κ1) is 16.5. The Morgan fingerprint density at radius 3 is 2.17 bits per heavy atom. The van der Waals surface area contributed by atoms with Gasteiger partial charge in [0, 0.05) is 23.5 Å². The van der Waals surface area contributed by atoms with E-state index in [4.69, 9.17) is 0 Å². The molecule has 0 bridgehead atoms. The molecule has 0 atom stereocenters. The van der Waals surface area contributed by atoms with Crippen LogP contribution in [-0.2, 0) is 4.79 Å². The minimum Gasteiger partial charge on any atom is -0.376 e. The number of benzene rings is 2. The number of nitrogens with one attached hydrogen (secondary N) is 3. The molecule has 5 nitrogen and oxygen atoms in total. The van der Waals surface area contributed by atoms with E-state index in [0.717, 1.165) is 0 Å². The van der Waals surface area contributed by atoms with Crippen LogP contribution >= 0.6 is 0 Å². The molecule has 0 aromatic heterocycles. The Hall–Kier alpha value is -2.89. The molecule has 2 aromatic rings. The van der Waals surface area contributed by atoms with E-state index in [9.17, 15) is 14.0 Å². The molecule has 120 valence electrons. The van der Waals surface area contributed by atoms with Crippen molar-refractivity contribution in [3.63, 3.8) is 0 Å². The second kappa shape index (κ2) is 7.93. The summed E-state index contributed by atoms with van der Waals surface area (Å²) in [6.07, 6.45) is 0. The second-order valence-electron chi connectivity index (χ2n) is 4.85. The molecular formula is C17H18FN3O2. The topological polar surface area (TPSA) is 70.2 Å². The third-order valence-corrected chi connectivity index (χ3v) is 3.07. The largest absolute Gasteiger partial charge is 0.376 e. The van der Waals surface area contributed by atoms with Crippen molar-refractivity contribution in [3.8, 4) is 0 Å². The molecule has 3 N–H and O–H groups in total. The molecule has 0 aliphatic heterocycles. The highest BCUT2D eigenvalue weighted by Crippen LogP contribution is 2.10. The highest BCUT2D eigenvalue weighted by molar-refractivity contribution is 5.96. The molecule has 23 heavy (non-hydrogen) atoms. The van der Waals surface area contributed by atoms with Gasteiger partial charge in [-0.05, 0) is 55.5 Å². The van der Waals surface area contributed by atoms with Gasteiger partial charge in [0.2, 0.25) is 5.91 Å². The van der Waals surface area contributed by atoms with Gasteiger partial charge in [-0.1, -0.05) is 0 Å². The number of hydrogen-bond donors (Lipinski definition) is 3. The van der Waals surface area contributed by atoms with E-state index in [1.165, 1.54) is 12.1 Å². The maximum atomic E-state index is 12.8. The lowest BCUT2D eigenvalue weighted by Crippen LogP contribution is -2.23. The Morgan fingerprint density at radius 2 is 1.57 bits per heavy atom. The monoisotopic (exact) mass is 315 g/mol. The minimum absolute atomic E-state index is 0.0592. The van der Waals surface area contributed by atoms with Crippen LogP contribution in [0.2, 0.25) is 0 Å². The van der Waals surface area contributed by atoms with E-state index in [0.29, 0.717) is 23.5 Å². The third-order valence-electron chi connectivity index (χ3n) is 3.07. The van der Waals surface area contributed by atoms with Crippen molar-refractivity contribution in [3.05, 3.63) is 59.9 Å². The lowest BCUT2D eigenvalue weighted by atomic mass is 10.2. The van der Waals surface area contributed by atoms with Crippen LogP contribution in [-0.4, -0.2) is 24.9 Å². The molecule has 0 aliphatic rings. The summed E-state index contributed by atoms with van der Waals surface area (Å²) in [6, 6.07) is 12.4. The first-order chi connectivity index (χ1) is 11.1. The van der Waals surface area contributed by atoms with Crippen LogP contribution in [0.1, 0.15) is 17.3 Å². The van der Waals surface area contributed by atoms with E-state index in [1.54, 1.807) is 36.4 Å². The average Bonchev–Trinajstić information content (AvgIpc) is 2.55. The van der Waals surface area contributed by atoms with E-state index >= 15 is 0 Å². The zero-order valence-electron chi connectivity index (χ0n) is 12.7. The number of carbonyl (C=O) groups is 2. The van der Waals surface area contributed by atoms with Crippen LogP contribution in [0.3, 0.4) is 0 Å². The van der Waals surface area contributed by atoms with Crippen LogP contribution in [0.4, 0.5) is 15.8 Å². The predicted octanol–water partition coefficient (Wildman–Crippen LogP) is 2.63. The van der Waals surface area contributed by atoms with Crippen molar-refractivity contribution >= 4 is 23.2 Å². The molecule has 2 rings (SSSR count). The Balaban J connectivity index is 1.85. The fourth-order valence-corrected chi connectivity index (χ4v) is 1.92. The quantitative estimate of drug-likeness (QED) is 0.767. The van der Waals surface area contributed by atoms with Crippen LogP contribution in [0.15, 0.2) is 48.5 Å². The van der Waals surface area contributed by atoms with Gasteiger partial charge < -0.3 is 16.0 Å². The molecule has 0 fully saturated rings. The molecule has 0 spiro atoms. The SMILES string of the molecule is CCNC(=O)c1ccc(NC(=O)CNc2ccc(F)cc2)cc1. The zero-order valence-corrected chi connectivity index (χ0v) is 12.7. The van der Waals surface area contributed by atoms with Crippen molar-refractivity contribution in [1.29, 1.82) is 0 Å². The van der Waals surface area contributed by atoms with Crippen molar-refractivity contribution in [2.45, 2.75) is 6.92 Å². The maximum absolute atomic E-state index is 12.8. The fraction of sp³-hybridized carbons (Fsp3) is 0.176. The van der Waals surface area contributed by atoms with Gasteiger partial charge in [-0.15, -0.1) is 0 Å². The number of anilines is 2. The van der Waals surface area contributed by atoms with Crippen LogP contribution < -0.4 is 16.0 Å². The van der Waals surface area contributed by atoms with Crippen molar-refractivity contribution in [2.24, 2.45) is 0 Å². The van der Waals surface area contributed by atoms with Crippen molar-refractivity contribution in [2.75, 3.05) is 23.7 Å². The fourth-order valence-electron chi connectivity index (χ4n) is 1.92. The van der Waals surface area contributed by atoms with E-state index in [-0.39, 0.29) is 24.2 Å². The zero-order chi connectivity index (χ0) is 16.7. The molecule has 0 saturated carbocycles. The van der Waals surface area contributed by atoms with Gasteiger partial charge >= 0.3 is 0 Å². The van der Waals surface area contributed by atoms with Crippen LogP contribution in [0, 0.1) is 5.82 Å². The highest BCUT2D eigenvalue weighted by Gasteiger charge is 2.06. The number of halogens is 1. The third kappa shape index (κ3) is 5.10. The Labute approximate surface area is 133 Å². The molecule has 0 saturated heterocycles. The van der Waals surface area contributed by atoms with Gasteiger partial charge in [0.15, 0.2) is 0 Å².